The summed E-state index contributed by atoms with van der Waals surface area (Å²) in [6.07, 6.45) is -4.40. The van der Waals surface area contributed by atoms with Crippen LogP contribution in [0.2, 0.25) is 5.02 Å². The molecule has 1 aliphatic heterocycles. The number of nitrogens with zero attached hydrogens (tertiary/aromatic N) is 1. The molecule has 2 N–H and O–H groups in total. The van der Waals surface area contributed by atoms with Crippen molar-refractivity contribution in [3.8, 4) is 0 Å². The number of anilines is 1. The fraction of sp³-hybridized carbons (Fsp3) is 0.364. The van der Waals surface area contributed by atoms with E-state index < -0.39 is 11.7 Å². The minimum absolute atomic E-state index is 0.143. The number of benzene rings is 1. The van der Waals surface area contributed by atoms with Crippen LogP contribution >= 0.6 is 11.6 Å². The average molecular weight is 279 g/mol. The van der Waals surface area contributed by atoms with E-state index in [0.29, 0.717) is 0 Å². The molecule has 1 aromatic rings. The van der Waals surface area contributed by atoms with Gasteiger partial charge in [-0.05, 0) is 18.2 Å². The Morgan fingerprint density at radius 3 is 2.56 bits per heavy atom. The van der Waals surface area contributed by atoms with Gasteiger partial charge in [-0.3, -0.25) is 4.79 Å². The zero-order chi connectivity index (χ0) is 13.5. The van der Waals surface area contributed by atoms with Gasteiger partial charge < -0.3 is 10.6 Å². The maximum absolute atomic E-state index is 12.7. The molecule has 1 fully saturated rings. The Morgan fingerprint density at radius 2 is 2.06 bits per heavy atom. The molecule has 7 heteroatoms. The minimum Gasteiger partial charge on any atom is -0.326 e. The summed E-state index contributed by atoms with van der Waals surface area (Å²) in [6.45, 7) is 0.220. The van der Waals surface area contributed by atoms with E-state index in [-0.39, 0.29) is 35.6 Å². The Labute approximate surface area is 106 Å². The summed E-state index contributed by atoms with van der Waals surface area (Å²) in [6, 6.07) is 3.05. The number of rotatable bonds is 1. The lowest BCUT2D eigenvalue weighted by Gasteiger charge is -2.18. The van der Waals surface area contributed by atoms with Crippen LogP contribution in [0.4, 0.5) is 18.9 Å². The predicted molar refractivity (Wildman–Crippen MR) is 61.4 cm³/mol. The number of halogens is 4. The molecule has 1 unspecified atom stereocenters. The molecule has 2 rings (SSSR count). The maximum atomic E-state index is 12.7. The fourth-order valence-corrected chi connectivity index (χ4v) is 2.11. The van der Waals surface area contributed by atoms with Gasteiger partial charge in [-0.1, -0.05) is 11.6 Å². The highest BCUT2D eigenvalue weighted by Crippen LogP contribution is 2.37. The third-order valence-electron chi connectivity index (χ3n) is 2.72. The highest BCUT2D eigenvalue weighted by atomic mass is 35.5. The summed E-state index contributed by atoms with van der Waals surface area (Å²) < 4.78 is 38.0. The molecule has 3 nitrogen and oxygen atoms in total. The Hall–Kier alpha value is -1.27. The number of nitrogens with two attached hydrogens (primary N) is 1. The fourth-order valence-electron chi connectivity index (χ4n) is 1.88. The molecule has 0 aliphatic carbocycles. The number of amides is 1. The van der Waals surface area contributed by atoms with Crippen molar-refractivity contribution in [2.75, 3.05) is 11.4 Å². The standard InChI is InChI=1S/C11H10ClF3N2O/c12-9-2-1-7(4-8(9)11(13,14)15)17-5-6(16)3-10(17)18/h1-2,4,6H,3,5,16H2. The zero-order valence-electron chi connectivity index (χ0n) is 9.17. The second-order valence-electron chi connectivity index (χ2n) is 4.13. The van der Waals surface area contributed by atoms with Crippen molar-refractivity contribution >= 4 is 23.2 Å². The second-order valence-corrected chi connectivity index (χ2v) is 4.54. The van der Waals surface area contributed by atoms with Crippen molar-refractivity contribution < 1.29 is 18.0 Å². The van der Waals surface area contributed by atoms with E-state index in [0.717, 1.165) is 12.1 Å². The number of hydrogen-bond acceptors (Lipinski definition) is 2. The number of carbonyl (C=O) groups is 1. The van der Waals surface area contributed by atoms with E-state index in [1.54, 1.807) is 0 Å². The van der Waals surface area contributed by atoms with Gasteiger partial charge in [0, 0.05) is 24.7 Å². The molecule has 0 saturated carbocycles. The van der Waals surface area contributed by atoms with E-state index in [2.05, 4.69) is 0 Å². The Bertz CT molecular complexity index is 490. The third-order valence-corrected chi connectivity index (χ3v) is 3.05. The van der Waals surface area contributed by atoms with E-state index in [1.807, 2.05) is 0 Å². The largest absolute Gasteiger partial charge is 0.417 e. The van der Waals surface area contributed by atoms with Crippen molar-refractivity contribution in [2.45, 2.75) is 18.6 Å². The molecule has 98 valence electrons. The first kappa shape index (κ1) is 13.2. The molecular weight excluding hydrogens is 269 g/mol. The molecule has 0 radical (unpaired) electrons. The summed E-state index contributed by atoms with van der Waals surface area (Å²) in [5, 5.41) is -0.387. The summed E-state index contributed by atoms with van der Waals surface area (Å²) in [5.74, 6) is -0.280. The lowest BCUT2D eigenvalue weighted by atomic mass is 10.2. The van der Waals surface area contributed by atoms with Crippen LogP contribution in [0.1, 0.15) is 12.0 Å². The van der Waals surface area contributed by atoms with Crippen LogP contribution in [-0.4, -0.2) is 18.5 Å². The topological polar surface area (TPSA) is 46.3 Å². The molecule has 1 aliphatic rings. The minimum atomic E-state index is -4.54. The Morgan fingerprint density at radius 1 is 1.39 bits per heavy atom. The summed E-state index contributed by atoms with van der Waals surface area (Å²) in [4.78, 5) is 12.8. The quantitative estimate of drug-likeness (QED) is 0.857. The molecule has 0 bridgehead atoms. The van der Waals surface area contributed by atoms with Gasteiger partial charge in [0.1, 0.15) is 0 Å². The van der Waals surface area contributed by atoms with Crippen molar-refractivity contribution in [1.29, 1.82) is 0 Å². The molecule has 18 heavy (non-hydrogen) atoms. The van der Waals surface area contributed by atoms with Crippen LogP contribution < -0.4 is 10.6 Å². The summed E-state index contributed by atoms with van der Waals surface area (Å²) >= 11 is 5.50. The van der Waals surface area contributed by atoms with Gasteiger partial charge in [0.15, 0.2) is 0 Å². The lowest BCUT2D eigenvalue weighted by Crippen LogP contribution is -2.28. The van der Waals surface area contributed by atoms with Crippen LogP contribution in [-0.2, 0) is 11.0 Å². The monoisotopic (exact) mass is 278 g/mol. The first-order chi connectivity index (χ1) is 8.29. The van der Waals surface area contributed by atoms with E-state index in [4.69, 9.17) is 17.3 Å². The summed E-state index contributed by atoms with van der Waals surface area (Å²) in [5.41, 5.74) is 4.82. The zero-order valence-corrected chi connectivity index (χ0v) is 9.92. The van der Waals surface area contributed by atoms with Gasteiger partial charge in [-0.2, -0.15) is 13.2 Å². The Kier molecular flexibility index (Phi) is 3.25. The maximum Gasteiger partial charge on any atom is 0.417 e. The van der Waals surface area contributed by atoms with Crippen LogP contribution in [0, 0.1) is 0 Å². The van der Waals surface area contributed by atoms with E-state index in [1.165, 1.54) is 11.0 Å². The van der Waals surface area contributed by atoms with Crippen molar-refractivity contribution in [2.24, 2.45) is 5.73 Å². The first-order valence-corrected chi connectivity index (χ1v) is 5.59. The van der Waals surface area contributed by atoms with E-state index >= 15 is 0 Å². The number of carbonyl (C=O) groups excluding carboxylic acids is 1. The van der Waals surface area contributed by atoms with Gasteiger partial charge in [0.2, 0.25) is 5.91 Å². The van der Waals surface area contributed by atoms with E-state index in [9.17, 15) is 18.0 Å². The van der Waals surface area contributed by atoms with Gasteiger partial charge >= 0.3 is 6.18 Å². The molecule has 1 atom stereocenters. The smallest absolute Gasteiger partial charge is 0.326 e. The van der Waals surface area contributed by atoms with Crippen molar-refractivity contribution in [3.63, 3.8) is 0 Å². The summed E-state index contributed by atoms with van der Waals surface area (Å²) in [7, 11) is 0. The van der Waals surface area contributed by atoms with Crippen molar-refractivity contribution in [3.05, 3.63) is 28.8 Å². The highest BCUT2D eigenvalue weighted by molar-refractivity contribution is 6.31. The lowest BCUT2D eigenvalue weighted by molar-refractivity contribution is -0.137. The van der Waals surface area contributed by atoms with Crippen LogP contribution in [0.25, 0.3) is 0 Å². The molecule has 1 heterocycles. The van der Waals surface area contributed by atoms with Gasteiger partial charge in [0.05, 0.1) is 10.6 Å². The average Bonchev–Trinajstić information content (AvgIpc) is 2.57. The van der Waals surface area contributed by atoms with Gasteiger partial charge in [0.25, 0.3) is 0 Å². The van der Waals surface area contributed by atoms with Gasteiger partial charge in [-0.15, -0.1) is 0 Å². The SMILES string of the molecule is NC1CC(=O)N(c2ccc(Cl)c(C(F)(F)F)c2)C1. The third kappa shape index (κ3) is 2.44. The second kappa shape index (κ2) is 4.44. The molecule has 0 aromatic heterocycles. The number of hydrogen-bond donors (Lipinski definition) is 1. The number of alkyl halides is 3. The van der Waals surface area contributed by atoms with Gasteiger partial charge in [-0.25, -0.2) is 0 Å². The molecule has 0 spiro atoms. The Balaban J connectivity index is 2.39. The highest BCUT2D eigenvalue weighted by Gasteiger charge is 2.35. The molecular formula is C11H10ClF3N2O. The van der Waals surface area contributed by atoms with Crippen LogP contribution in [0.15, 0.2) is 18.2 Å². The van der Waals surface area contributed by atoms with Crippen LogP contribution in [0.5, 0.6) is 0 Å². The predicted octanol–water partition coefficient (Wildman–Crippen LogP) is 2.42. The first-order valence-electron chi connectivity index (χ1n) is 5.21. The van der Waals surface area contributed by atoms with Crippen molar-refractivity contribution in [1.82, 2.24) is 0 Å². The molecule has 1 aromatic carbocycles. The van der Waals surface area contributed by atoms with Crippen LogP contribution in [0.3, 0.4) is 0 Å². The molecule has 1 amide bonds. The molecule has 1 saturated heterocycles. The normalized spacial score (nSPS) is 20.6.